The van der Waals surface area contributed by atoms with Gasteiger partial charge in [-0.15, -0.1) is 0 Å². The number of amides is 15. The van der Waals surface area contributed by atoms with E-state index in [0.29, 0.717) is 57.8 Å². The summed E-state index contributed by atoms with van der Waals surface area (Å²) in [5, 5.41) is 46.7. The molecule has 0 saturated carbocycles. The van der Waals surface area contributed by atoms with Crippen LogP contribution in [-0.2, 0) is 76.7 Å². The van der Waals surface area contributed by atoms with E-state index in [1.165, 1.54) is 13.8 Å². The lowest BCUT2D eigenvalue weighted by atomic mass is 9.96. The molecule has 0 saturated heterocycles. The second kappa shape index (κ2) is 55.7. The lowest BCUT2D eigenvalue weighted by Crippen LogP contribution is -2.61. The van der Waals surface area contributed by atoms with Crippen molar-refractivity contribution in [2.45, 2.75) is 297 Å². The summed E-state index contributed by atoms with van der Waals surface area (Å²) >= 11 is 0. The van der Waals surface area contributed by atoms with Crippen LogP contribution in [-0.4, -0.2) is 218 Å². The van der Waals surface area contributed by atoms with Crippen molar-refractivity contribution >= 4 is 94.8 Å². The first-order chi connectivity index (χ1) is 58.1. The number of nitrogens with two attached hydrogens (primary N) is 5. The zero-order chi connectivity index (χ0) is 92.3. The Kier molecular flexibility index (Phi) is 48.3. The topological polar surface area (TPSA) is 601 Å². The van der Waals surface area contributed by atoms with Crippen molar-refractivity contribution in [3.05, 3.63) is 59.7 Å². The van der Waals surface area contributed by atoms with E-state index in [-0.39, 0.29) is 114 Å². The van der Waals surface area contributed by atoms with Gasteiger partial charge < -0.3 is 113 Å². The maximum absolute atomic E-state index is 14.8. The van der Waals surface area contributed by atoms with Gasteiger partial charge in [0.05, 0.1) is 6.42 Å². The first-order valence-corrected chi connectivity index (χ1v) is 43.5. The first-order valence-electron chi connectivity index (χ1n) is 43.5. The Morgan fingerprint density at radius 2 is 0.675 bits per heavy atom. The second-order valence-electron chi connectivity index (χ2n) is 34.0. The van der Waals surface area contributed by atoms with Crippen molar-refractivity contribution in [1.29, 1.82) is 0 Å². The van der Waals surface area contributed by atoms with Crippen LogP contribution in [0.25, 0.3) is 11.1 Å². The molecule has 3 rings (SSSR count). The summed E-state index contributed by atoms with van der Waals surface area (Å²) in [7, 11) is 0. The van der Waals surface area contributed by atoms with E-state index in [9.17, 15) is 81.8 Å². The molecule has 0 unspecified atom stereocenters. The Balaban J connectivity index is 1.84. The summed E-state index contributed by atoms with van der Waals surface area (Å²) in [4.78, 5) is 222. The van der Waals surface area contributed by atoms with Crippen molar-refractivity contribution in [3.8, 4) is 11.1 Å². The molecule has 2 aromatic carbocycles. The molecule has 14 atom stereocenters. The fourth-order valence-electron chi connectivity index (χ4n) is 14.0. The highest BCUT2D eigenvalue weighted by Gasteiger charge is 2.39. The van der Waals surface area contributed by atoms with Gasteiger partial charge >= 0.3 is 12.1 Å². The number of carbonyl (C=O) groups excluding carboxylic acids is 15. The molecule has 0 aromatic heterocycles. The minimum Gasteiger partial charge on any atom is -0.480 e. The molecule has 690 valence electrons. The zero-order valence-electron chi connectivity index (χ0n) is 74.4. The fourth-order valence-corrected chi connectivity index (χ4v) is 14.0. The first kappa shape index (κ1) is 107. The summed E-state index contributed by atoms with van der Waals surface area (Å²) in [5.41, 5.74) is 33.1. The minimum absolute atomic E-state index is 0.000170. The van der Waals surface area contributed by atoms with Gasteiger partial charge in [0.1, 0.15) is 91.7 Å². The molecule has 1 aliphatic carbocycles. The number of rotatable bonds is 59. The standard InChI is InChI=1S/C86H143N19O18/c1-15-52(12)72(84(119)103-68(85(120)121)43-50(8)9)105-74(109)54(14)94-83(118)71(51(10)11)104-73(108)53(13)93-75(110)60(32-20-24-36-87)96-76(111)61(33-21-25-37-88)97-77(112)62(34-22-26-38-89)98-78(113)63(35-23-27-39-90)99-79(114)64(40-47(2)3)100-80(115)65(41-48(4)5)101-81(116)66(42-49(6)7)102-82(117)67(44-69(91)106)95-70(107)45-92-86(122)123-46-59-57-30-18-16-28-55(57)56-29-17-19-31-58(56)59/h16-19,28-31,47-54,59-68,71-72H,15,20-27,32-46,87-90H2,1-14H3,(H2,91,106)(H,92,122)(H,93,110)(H,94,118)(H,95,107)(H,96,111)(H,97,112)(H,98,113)(H,99,114)(H,100,115)(H,101,116)(H,102,117)(H,103,119)(H,104,108)(H,105,109)(H,120,121)/t52-,53-,54-,60-,61-,62-,63-,64-,65-,66-,67-,68-,71-,72-/m0/s1. The quantitative estimate of drug-likeness (QED) is 0.0414. The van der Waals surface area contributed by atoms with Gasteiger partial charge in [-0.25, -0.2) is 9.59 Å². The number of carboxylic acid groups (broad SMARTS) is 1. The van der Waals surface area contributed by atoms with Crippen molar-refractivity contribution < 1.29 is 86.6 Å². The van der Waals surface area contributed by atoms with Crippen LogP contribution in [0.2, 0.25) is 0 Å². The van der Waals surface area contributed by atoms with Gasteiger partial charge in [0.2, 0.25) is 82.7 Å². The highest BCUT2D eigenvalue weighted by molar-refractivity contribution is 6.01. The van der Waals surface area contributed by atoms with Crippen molar-refractivity contribution in [2.24, 2.45) is 64.2 Å². The number of ether oxygens (including phenoxy) is 1. The third-order valence-electron chi connectivity index (χ3n) is 21.0. The van der Waals surface area contributed by atoms with Gasteiger partial charge in [-0.3, -0.25) is 67.1 Å². The van der Waals surface area contributed by atoms with Gasteiger partial charge in [-0.05, 0) is 201 Å². The van der Waals surface area contributed by atoms with Gasteiger partial charge in [0.25, 0.3) is 0 Å². The normalized spacial score (nSPS) is 15.2. The Morgan fingerprint density at radius 3 is 1.02 bits per heavy atom. The van der Waals surface area contributed by atoms with E-state index >= 15 is 0 Å². The van der Waals surface area contributed by atoms with Gasteiger partial charge in [0, 0.05) is 5.92 Å². The maximum atomic E-state index is 14.8. The Bertz CT molecular complexity index is 3760. The van der Waals surface area contributed by atoms with Crippen LogP contribution in [0.4, 0.5) is 4.79 Å². The third kappa shape index (κ3) is 38.1. The summed E-state index contributed by atoms with van der Waals surface area (Å²) in [5.74, 6) is -15.0. The largest absolute Gasteiger partial charge is 0.480 e. The fraction of sp³-hybridized carbons (Fsp3) is 0.674. The number of carbonyl (C=O) groups is 16. The summed E-state index contributed by atoms with van der Waals surface area (Å²) in [6.45, 7) is 23.9. The molecule has 15 amide bonds. The molecule has 1 aliphatic rings. The molecule has 0 aliphatic heterocycles. The highest BCUT2D eigenvalue weighted by atomic mass is 16.5. The van der Waals surface area contributed by atoms with Crippen LogP contribution in [0.1, 0.15) is 230 Å². The van der Waals surface area contributed by atoms with Crippen molar-refractivity contribution in [2.75, 3.05) is 39.3 Å². The molecule has 0 spiro atoms. The minimum atomic E-state index is -1.63. The molecular weight excluding hydrogens is 1590 g/mol. The van der Waals surface area contributed by atoms with E-state index in [1.807, 2.05) is 48.5 Å². The Labute approximate surface area is 723 Å². The van der Waals surface area contributed by atoms with Crippen LogP contribution in [0.3, 0.4) is 0 Å². The number of hydrogen-bond donors (Lipinski definition) is 20. The number of primary amides is 1. The van der Waals surface area contributed by atoms with E-state index in [4.69, 9.17) is 33.4 Å². The molecule has 0 radical (unpaired) electrons. The summed E-state index contributed by atoms with van der Waals surface area (Å²) < 4.78 is 5.55. The molecule has 2 aromatic rings. The van der Waals surface area contributed by atoms with Crippen LogP contribution in [0, 0.1) is 35.5 Å². The summed E-state index contributed by atoms with van der Waals surface area (Å²) in [6.07, 6.45) is 1.86. The van der Waals surface area contributed by atoms with Crippen LogP contribution in [0.15, 0.2) is 48.5 Å². The number of aliphatic carboxylic acids is 1. The molecule has 0 fully saturated rings. The van der Waals surface area contributed by atoms with Crippen LogP contribution in [0.5, 0.6) is 0 Å². The summed E-state index contributed by atoms with van der Waals surface area (Å²) in [6, 6.07) is -1.80. The lowest BCUT2D eigenvalue weighted by molar-refractivity contribution is -0.143. The second-order valence-corrected chi connectivity index (χ2v) is 34.0. The number of nitrogens with one attached hydrogen (secondary N) is 14. The number of benzene rings is 2. The van der Waals surface area contributed by atoms with Crippen LogP contribution < -0.4 is 103 Å². The molecule has 0 heterocycles. The predicted molar refractivity (Wildman–Crippen MR) is 465 cm³/mol. The number of alkyl carbamates (subject to hydrolysis) is 1. The van der Waals surface area contributed by atoms with Crippen LogP contribution >= 0.6 is 0 Å². The molecule has 25 N–H and O–H groups in total. The van der Waals surface area contributed by atoms with Crippen molar-refractivity contribution in [3.63, 3.8) is 0 Å². The molecular formula is C86H143N19O18. The molecule has 0 bridgehead atoms. The average molecular weight is 1730 g/mol. The van der Waals surface area contributed by atoms with Gasteiger partial charge in [0.15, 0.2) is 0 Å². The number of unbranched alkanes of at least 4 members (excludes halogenated alkanes) is 4. The Morgan fingerprint density at radius 1 is 0.366 bits per heavy atom. The SMILES string of the molecule is CC[C@H](C)[C@H](NC(=O)[C@H](C)NC(=O)[C@@H](NC(=O)[C@H](C)NC(=O)[C@H](CCCCN)NC(=O)[C@H](CCCCN)NC(=O)[C@H](CCCCN)NC(=O)[C@H](CCCCN)NC(=O)[C@H](CC(C)C)NC(=O)[C@H](CC(C)C)NC(=O)[C@H](CC(C)C)NC(=O)[C@H](CC(N)=O)NC(=O)CNC(=O)OCC1c2ccccc2-c2ccccc21)C(C)C)C(=O)N[C@@H](CC(C)C)C(=O)O. The smallest absolute Gasteiger partial charge is 0.407 e. The lowest BCUT2D eigenvalue weighted by Gasteiger charge is -2.29. The van der Waals surface area contributed by atoms with E-state index in [1.54, 1.807) is 83.1 Å². The molecule has 37 heteroatoms. The predicted octanol–water partition coefficient (Wildman–Crippen LogP) is 1.23. The van der Waals surface area contributed by atoms with Gasteiger partial charge in [-0.1, -0.05) is 138 Å². The Hall–Kier alpha value is -10.4. The van der Waals surface area contributed by atoms with Gasteiger partial charge in [-0.2, -0.15) is 0 Å². The monoisotopic (exact) mass is 1730 g/mol. The number of hydrogen-bond acceptors (Lipinski definition) is 21. The van der Waals surface area contributed by atoms with E-state index in [0.717, 1.165) is 22.3 Å². The maximum Gasteiger partial charge on any atom is 0.407 e. The highest BCUT2D eigenvalue weighted by Crippen LogP contribution is 2.44. The number of carboxylic acids is 1. The number of fused-ring (bicyclic) bond motifs is 3. The van der Waals surface area contributed by atoms with Crippen molar-refractivity contribution in [1.82, 2.24) is 74.4 Å². The van der Waals surface area contributed by atoms with E-state index in [2.05, 4.69) is 74.4 Å². The molecule has 123 heavy (non-hydrogen) atoms. The van der Waals surface area contributed by atoms with E-state index < -0.39 is 198 Å². The molecule has 37 nitrogen and oxygen atoms in total. The average Bonchev–Trinajstić information content (AvgIpc) is 1.61. The third-order valence-corrected chi connectivity index (χ3v) is 21.0. The zero-order valence-corrected chi connectivity index (χ0v) is 74.4.